The van der Waals surface area contributed by atoms with E-state index in [9.17, 15) is 14.9 Å². The summed E-state index contributed by atoms with van der Waals surface area (Å²) in [5, 5.41) is 25.8. The van der Waals surface area contributed by atoms with Crippen LogP contribution >= 0.6 is 34.7 Å². The van der Waals surface area contributed by atoms with E-state index in [1.165, 1.54) is 28.0 Å². The zero-order valence-corrected chi connectivity index (χ0v) is 24.5. The fourth-order valence-corrected chi connectivity index (χ4v) is 6.74. The van der Waals surface area contributed by atoms with Gasteiger partial charge in [-0.25, -0.2) is 0 Å². The number of nitrogens with one attached hydrogen (secondary N) is 2. The predicted octanol–water partition coefficient (Wildman–Crippen LogP) is 5.77. The molecule has 2 aromatic heterocycles. The summed E-state index contributed by atoms with van der Waals surface area (Å²) in [5.74, 6) is 0.803. The van der Waals surface area contributed by atoms with Gasteiger partial charge in [0, 0.05) is 22.5 Å². The van der Waals surface area contributed by atoms with Crippen molar-refractivity contribution in [2.24, 2.45) is 18.4 Å². The predicted molar refractivity (Wildman–Crippen MR) is 152 cm³/mol. The number of nitrogens with zero attached hydrogens (tertiary/aromatic N) is 4. The Morgan fingerprint density at radius 1 is 1.29 bits per heavy atom. The minimum Gasteiger partial charge on any atom is -0.342 e. The first kappa shape index (κ1) is 28.1. The minimum atomic E-state index is -0.397. The van der Waals surface area contributed by atoms with Gasteiger partial charge in [0.1, 0.15) is 11.1 Å². The Kier molecular flexibility index (Phi) is 8.50. The summed E-state index contributed by atoms with van der Waals surface area (Å²) in [6.45, 7) is 8.60. The highest BCUT2D eigenvalue weighted by Crippen LogP contribution is 2.44. The van der Waals surface area contributed by atoms with E-state index in [0.29, 0.717) is 38.0 Å². The molecule has 0 bridgehead atoms. The van der Waals surface area contributed by atoms with Gasteiger partial charge in [0.15, 0.2) is 11.0 Å². The third kappa shape index (κ3) is 6.22. The molecule has 11 heteroatoms. The Bertz CT molecular complexity index is 1380. The van der Waals surface area contributed by atoms with Gasteiger partial charge in [-0.3, -0.25) is 9.59 Å². The number of aromatic nitrogens is 3. The van der Waals surface area contributed by atoms with Crippen molar-refractivity contribution in [3.8, 4) is 6.07 Å². The number of carbonyl (C=O) groups excluding carboxylic acids is 2. The molecule has 0 saturated carbocycles. The summed E-state index contributed by atoms with van der Waals surface area (Å²) in [4.78, 5) is 26.6. The summed E-state index contributed by atoms with van der Waals surface area (Å²) in [5.41, 5.74) is 2.39. The van der Waals surface area contributed by atoms with Gasteiger partial charge in [-0.1, -0.05) is 44.1 Å². The van der Waals surface area contributed by atoms with Crippen LogP contribution in [-0.4, -0.2) is 32.3 Å². The number of anilines is 1. The molecule has 3 aromatic rings. The second-order valence-corrected chi connectivity index (χ2v) is 13.0. The number of rotatable bonds is 7. The Morgan fingerprint density at radius 3 is 2.66 bits per heavy atom. The summed E-state index contributed by atoms with van der Waals surface area (Å²) in [6, 6.07) is 8.56. The van der Waals surface area contributed by atoms with Crippen LogP contribution in [0.25, 0.3) is 0 Å². The fraction of sp³-hybridized carbons (Fsp3) is 0.444. The van der Waals surface area contributed by atoms with Crippen molar-refractivity contribution in [2.75, 3.05) is 11.1 Å². The third-order valence-corrected chi connectivity index (χ3v) is 9.34. The van der Waals surface area contributed by atoms with E-state index in [1.54, 1.807) is 35.9 Å². The summed E-state index contributed by atoms with van der Waals surface area (Å²) in [6.07, 6.45) is 2.87. The van der Waals surface area contributed by atoms with Crippen LogP contribution in [-0.2, 0) is 24.7 Å². The third-order valence-electron chi connectivity index (χ3n) is 6.90. The number of carbonyl (C=O) groups is 2. The van der Waals surface area contributed by atoms with Crippen LogP contribution in [0.4, 0.5) is 5.00 Å². The normalized spacial score (nSPS) is 15.9. The lowest BCUT2D eigenvalue weighted by atomic mass is 9.72. The Balaban J connectivity index is 1.36. The number of amides is 2. The molecule has 200 valence electrons. The van der Waals surface area contributed by atoms with Gasteiger partial charge >= 0.3 is 0 Å². The molecule has 0 aliphatic heterocycles. The summed E-state index contributed by atoms with van der Waals surface area (Å²) < 4.78 is 1.77. The first-order valence-electron chi connectivity index (χ1n) is 12.4. The molecule has 1 aliphatic carbocycles. The van der Waals surface area contributed by atoms with Crippen LogP contribution in [0.2, 0.25) is 5.02 Å². The lowest BCUT2D eigenvalue weighted by Crippen LogP contribution is -2.28. The van der Waals surface area contributed by atoms with Crippen molar-refractivity contribution in [3.05, 3.63) is 56.7 Å². The van der Waals surface area contributed by atoms with Crippen LogP contribution in [0, 0.1) is 22.7 Å². The number of nitriles is 1. The summed E-state index contributed by atoms with van der Waals surface area (Å²) >= 11 is 8.68. The van der Waals surface area contributed by atoms with Crippen molar-refractivity contribution in [1.29, 1.82) is 5.26 Å². The Morgan fingerprint density at radius 2 is 2.00 bits per heavy atom. The van der Waals surface area contributed by atoms with Crippen LogP contribution in [0.15, 0.2) is 29.4 Å². The minimum absolute atomic E-state index is 0.121. The molecule has 4 rings (SSSR count). The zero-order valence-electron chi connectivity index (χ0n) is 22.1. The van der Waals surface area contributed by atoms with E-state index in [1.807, 2.05) is 6.92 Å². The summed E-state index contributed by atoms with van der Waals surface area (Å²) in [7, 11) is 1.80. The van der Waals surface area contributed by atoms with E-state index in [0.717, 1.165) is 24.8 Å². The fourth-order valence-electron chi connectivity index (χ4n) is 4.60. The number of hydrogen-bond donors (Lipinski definition) is 2. The van der Waals surface area contributed by atoms with E-state index in [4.69, 9.17) is 11.6 Å². The number of thiophene rings is 1. The number of thioether (sulfide) groups is 1. The molecule has 38 heavy (non-hydrogen) atoms. The molecular formula is C27H31ClN6O2S2. The molecular weight excluding hydrogens is 540 g/mol. The van der Waals surface area contributed by atoms with Gasteiger partial charge < -0.3 is 15.2 Å². The van der Waals surface area contributed by atoms with Crippen molar-refractivity contribution >= 4 is 51.5 Å². The molecule has 8 nitrogen and oxygen atoms in total. The monoisotopic (exact) mass is 570 g/mol. The Labute approximate surface area is 236 Å². The van der Waals surface area contributed by atoms with Gasteiger partial charge in [-0.05, 0) is 67.3 Å². The highest BCUT2D eigenvalue weighted by molar-refractivity contribution is 7.99. The topological polar surface area (TPSA) is 113 Å². The van der Waals surface area contributed by atoms with Crippen LogP contribution in [0.3, 0.4) is 0 Å². The lowest BCUT2D eigenvalue weighted by molar-refractivity contribution is -0.113. The highest BCUT2D eigenvalue weighted by atomic mass is 35.5. The molecule has 2 atom stereocenters. The average molecular weight is 571 g/mol. The van der Waals surface area contributed by atoms with Gasteiger partial charge in [-0.15, -0.1) is 21.5 Å². The van der Waals surface area contributed by atoms with Crippen molar-refractivity contribution < 1.29 is 9.59 Å². The maximum atomic E-state index is 12.8. The SMILES string of the molecule is C[C@@H](NC(=O)c1ccc(Cl)cc1)c1nnc(SCC(=O)Nc2sc3c(c2C#N)CC[C@@H](C(C)(C)C)C3)n1C. The van der Waals surface area contributed by atoms with Gasteiger partial charge in [0.2, 0.25) is 5.91 Å². The smallest absolute Gasteiger partial charge is 0.251 e. The lowest BCUT2D eigenvalue weighted by Gasteiger charge is -2.33. The van der Waals surface area contributed by atoms with Crippen molar-refractivity contribution in [1.82, 2.24) is 20.1 Å². The van der Waals surface area contributed by atoms with E-state index >= 15 is 0 Å². The number of benzene rings is 1. The maximum absolute atomic E-state index is 12.8. The second-order valence-electron chi connectivity index (χ2n) is 10.6. The molecule has 0 unspecified atom stereocenters. The number of hydrogen-bond acceptors (Lipinski definition) is 7. The molecule has 0 saturated heterocycles. The van der Waals surface area contributed by atoms with Crippen LogP contribution < -0.4 is 10.6 Å². The van der Waals surface area contributed by atoms with Crippen LogP contribution in [0.1, 0.15) is 72.3 Å². The van der Waals surface area contributed by atoms with Crippen molar-refractivity contribution in [2.45, 2.75) is 58.2 Å². The quantitative estimate of drug-likeness (QED) is 0.348. The number of halogens is 1. The highest BCUT2D eigenvalue weighted by Gasteiger charge is 2.32. The standard InChI is InChI=1S/C27H31ClN6O2S2/c1-15(30-24(36)16-6-9-18(28)10-7-16)23-32-33-26(34(23)5)37-14-22(35)31-25-20(13-29)19-11-8-17(27(2,3)4)12-21(19)38-25/h6-7,9-10,15,17H,8,11-12,14H2,1-5H3,(H,30,36)(H,31,35)/t15-,17-/m1/s1. The molecule has 0 radical (unpaired) electrons. The first-order chi connectivity index (χ1) is 18.0. The van der Waals surface area contributed by atoms with Crippen molar-refractivity contribution in [3.63, 3.8) is 0 Å². The average Bonchev–Trinajstić information content (AvgIpc) is 3.41. The van der Waals surface area contributed by atoms with Crippen LogP contribution in [0.5, 0.6) is 0 Å². The number of fused-ring (bicyclic) bond motifs is 1. The van der Waals surface area contributed by atoms with Gasteiger partial charge in [-0.2, -0.15) is 5.26 Å². The zero-order chi connectivity index (χ0) is 27.6. The van der Waals surface area contributed by atoms with E-state index in [-0.39, 0.29) is 23.0 Å². The second kappa shape index (κ2) is 11.5. The van der Waals surface area contributed by atoms with E-state index < -0.39 is 6.04 Å². The molecule has 2 N–H and O–H groups in total. The van der Waals surface area contributed by atoms with E-state index in [2.05, 4.69) is 47.7 Å². The van der Waals surface area contributed by atoms with Gasteiger partial charge in [0.25, 0.3) is 5.91 Å². The molecule has 2 amide bonds. The van der Waals surface area contributed by atoms with Gasteiger partial charge in [0.05, 0.1) is 17.4 Å². The first-order valence-corrected chi connectivity index (χ1v) is 14.6. The molecule has 0 spiro atoms. The molecule has 2 heterocycles. The molecule has 1 aliphatic rings. The molecule has 0 fully saturated rings. The Hall–Kier alpha value is -2.87. The molecule has 1 aromatic carbocycles. The largest absolute Gasteiger partial charge is 0.342 e. The maximum Gasteiger partial charge on any atom is 0.251 e.